The van der Waals surface area contributed by atoms with E-state index in [2.05, 4.69) is 9.99 Å². The number of rotatable bonds is 6. The predicted molar refractivity (Wildman–Crippen MR) is 98.2 cm³/mol. The third-order valence-electron chi connectivity index (χ3n) is 3.83. The second-order valence-electron chi connectivity index (χ2n) is 5.74. The molecule has 0 fully saturated rings. The molecular formula is C20H17NO7. The van der Waals surface area contributed by atoms with Gasteiger partial charge in [-0.1, -0.05) is 23.4 Å². The Labute approximate surface area is 160 Å². The summed E-state index contributed by atoms with van der Waals surface area (Å²) in [5.74, 6) is -1.06. The molecule has 3 rings (SSSR count). The number of carbonyl (C=O) groups is 3. The Kier molecular flexibility index (Phi) is 5.69. The maximum Gasteiger partial charge on any atom is 0.367 e. The minimum atomic E-state index is -0.678. The van der Waals surface area contributed by atoms with E-state index in [4.69, 9.17) is 13.9 Å². The summed E-state index contributed by atoms with van der Waals surface area (Å²) in [6, 6.07) is 9.98. The summed E-state index contributed by atoms with van der Waals surface area (Å²) in [5, 5.41) is 3.60. The van der Waals surface area contributed by atoms with Gasteiger partial charge in [-0.2, -0.15) is 0 Å². The van der Waals surface area contributed by atoms with Gasteiger partial charge >= 0.3 is 17.9 Å². The Morgan fingerprint density at radius 2 is 1.93 bits per heavy atom. The fourth-order valence-electron chi connectivity index (χ4n) is 2.52. The van der Waals surface area contributed by atoms with Gasteiger partial charge in [-0.15, -0.1) is 0 Å². The summed E-state index contributed by atoms with van der Waals surface area (Å²) in [4.78, 5) is 40.0. The Balaban J connectivity index is 1.82. The molecule has 8 nitrogen and oxygen atoms in total. The van der Waals surface area contributed by atoms with Gasteiger partial charge in [0.2, 0.25) is 0 Å². The first-order valence-corrected chi connectivity index (χ1v) is 8.49. The number of ether oxygens (including phenoxy) is 2. The molecule has 0 unspecified atom stereocenters. The van der Waals surface area contributed by atoms with Crippen LogP contribution < -0.4 is 0 Å². The number of hydrogen-bond acceptors (Lipinski definition) is 8. The zero-order valence-electron chi connectivity index (χ0n) is 15.3. The lowest BCUT2D eigenvalue weighted by atomic mass is 10.1. The normalized spacial score (nSPS) is 14.6. The maximum absolute atomic E-state index is 12.4. The molecule has 0 saturated carbocycles. The van der Waals surface area contributed by atoms with Crippen molar-refractivity contribution in [2.45, 2.75) is 13.8 Å². The summed E-state index contributed by atoms with van der Waals surface area (Å²) in [6.45, 7) is 3.04. The van der Waals surface area contributed by atoms with E-state index in [-0.39, 0.29) is 12.2 Å². The summed E-state index contributed by atoms with van der Waals surface area (Å²) in [7, 11) is 0. The first kappa shape index (κ1) is 19.1. The number of carbonyl (C=O) groups excluding carboxylic acids is 3. The minimum Gasteiger partial charge on any atom is -0.463 e. The standard InChI is InChI=1S/C20H17NO7/c1-3-25-18(22)11-26-19(23)15-7-5-4-6-14(15)17-9-8-13(27-17)10-16-12(2)21-28-20(16)24/h4-10H,3,11H2,1-2H3/b16-10-. The van der Waals surface area contributed by atoms with E-state index >= 15 is 0 Å². The highest BCUT2D eigenvalue weighted by Gasteiger charge is 2.23. The second kappa shape index (κ2) is 8.34. The van der Waals surface area contributed by atoms with Crippen LogP contribution in [0.1, 0.15) is 30.0 Å². The number of benzene rings is 1. The summed E-state index contributed by atoms with van der Waals surface area (Å²) < 4.78 is 15.5. The van der Waals surface area contributed by atoms with Gasteiger partial charge in [-0.25, -0.2) is 14.4 Å². The number of oxime groups is 1. The lowest BCUT2D eigenvalue weighted by molar-refractivity contribution is -0.146. The van der Waals surface area contributed by atoms with E-state index in [9.17, 15) is 14.4 Å². The van der Waals surface area contributed by atoms with Crippen LogP contribution in [-0.2, 0) is 23.9 Å². The summed E-state index contributed by atoms with van der Waals surface area (Å²) in [6.07, 6.45) is 1.51. The molecule has 144 valence electrons. The van der Waals surface area contributed by atoms with Gasteiger partial charge in [0.15, 0.2) is 6.61 Å². The van der Waals surface area contributed by atoms with E-state index in [1.807, 2.05) is 0 Å². The number of nitrogens with zero attached hydrogens (tertiary/aromatic N) is 1. The summed E-state index contributed by atoms with van der Waals surface area (Å²) >= 11 is 0. The zero-order chi connectivity index (χ0) is 20.1. The van der Waals surface area contributed by atoms with Crippen molar-refractivity contribution in [1.29, 1.82) is 0 Å². The molecule has 0 radical (unpaired) electrons. The number of esters is 2. The van der Waals surface area contributed by atoms with E-state index in [1.54, 1.807) is 50.2 Å². The molecule has 2 heterocycles. The van der Waals surface area contributed by atoms with E-state index in [0.29, 0.717) is 28.4 Å². The Morgan fingerprint density at radius 3 is 2.64 bits per heavy atom. The molecule has 0 atom stereocenters. The van der Waals surface area contributed by atoms with Crippen LogP contribution in [0.3, 0.4) is 0 Å². The molecule has 8 heteroatoms. The topological polar surface area (TPSA) is 104 Å². The van der Waals surface area contributed by atoms with Gasteiger partial charge in [0.25, 0.3) is 0 Å². The van der Waals surface area contributed by atoms with Gasteiger partial charge in [0.05, 0.1) is 23.5 Å². The third kappa shape index (κ3) is 4.17. The van der Waals surface area contributed by atoms with Gasteiger partial charge in [-0.3, -0.25) is 0 Å². The van der Waals surface area contributed by atoms with E-state index in [0.717, 1.165) is 0 Å². The molecule has 1 aromatic heterocycles. The van der Waals surface area contributed by atoms with Gasteiger partial charge in [-0.05, 0) is 38.1 Å². The molecule has 0 bridgehead atoms. The lowest BCUT2D eigenvalue weighted by Crippen LogP contribution is -2.16. The number of hydrogen-bond donors (Lipinski definition) is 0. The largest absolute Gasteiger partial charge is 0.463 e. The monoisotopic (exact) mass is 383 g/mol. The fraction of sp³-hybridized carbons (Fsp3) is 0.200. The van der Waals surface area contributed by atoms with Crippen molar-refractivity contribution in [3.05, 3.63) is 53.3 Å². The molecule has 0 spiro atoms. The first-order valence-electron chi connectivity index (χ1n) is 8.49. The third-order valence-corrected chi connectivity index (χ3v) is 3.83. The van der Waals surface area contributed by atoms with Crippen molar-refractivity contribution < 1.29 is 33.1 Å². The fourth-order valence-corrected chi connectivity index (χ4v) is 2.52. The predicted octanol–water partition coefficient (Wildman–Crippen LogP) is 2.98. The highest BCUT2D eigenvalue weighted by atomic mass is 16.7. The van der Waals surface area contributed by atoms with Crippen LogP contribution >= 0.6 is 0 Å². The Hall–Kier alpha value is -3.68. The first-order chi connectivity index (χ1) is 13.5. The highest BCUT2D eigenvalue weighted by Crippen LogP contribution is 2.28. The molecule has 0 saturated heterocycles. The van der Waals surface area contributed by atoms with Gasteiger partial charge < -0.3 is 18.7 Å². The molecule has 0 N–H and O–H groups in total. The van der Waals surface area contributed by atoms with Crippen molar-refractivity contribution in [1.82, 2.24) is 0 Å². The van der Waals surface area contributed by atoms with Crippen molar-refractivity contribution in [2.75, 3.05) is 13.2 Å². The highest BCUT2D eigenvalue weighted by molar-refractivity contribution is 6.24. The van der Waals surface area contributed by atoms with E-state index in [1.165, 1.54) is 6.08 Å². The van der Waals surface area contributed by atoms with Crippen molar-refractivity contribution in [3.8, 4) is 11.3 Å². The van der Waals surface area contributed by atoms with Crippen molar-refractivity contribution in [2.24, 2.45) is 5.16 Å². The van der Waals surface area contributed by atoms with Crippen LogP contribution in [0.5, 0.6) is 0 Å². The second-order valence-corrected chi connectivity index (χ2v) is 5.74. The molecule has 1 aromatic carbocycles. The quantitative estimate of drug-likeness (QED) is 0.429. The average molecular weight is 383 g/mol. The van der Waals surface area contributed by atoms with Gasteiger partial charge in [0.1, 0.15) is 11.5 Å². The molecule has 2 aromatic rings. The zero-order valence-corrected chi connectivity index (χ0v) is 15.3. The average Bonchev–Trinajstić information content (AvgIpc) is 3.28. The van der Waals surface area contributed by atoms with Crippen LogP contribution in [0.25, 0.3) is 17.4 Å². The molecular weight excluding hydrogens is 366 g/mol. The lowest BCUT2D eigenvalue weighted by Gasteiger charge is -2.07. The SMILES string of the molecule is CCOC(=O)COC(=O)c1ccccc1-c1ccc(/C=C2\C(=O)ON=C2C)o1. The number of furan rings is 1. The van der Waals surface area contributed by atoms with Crippen molar-refractivity contribution >= 4 is 29.7 Å². The van der Waals surface area contributed by atoms with Crippen LogP contribution in [0.2, 0.25) is 0 Å². The van der Waals surface area contributed by atoms with Crippen LogP contribution in [0.4, 0.5) is 0 Å². The molecule has 0 aliphatic carbocycles. The molecule has 0 amide bonds. The van der Waals surface area contributed by atoms with Crippen LogP contribution in [0.15, 0.2) is 51.5 Å². The van der Waals surface area contributed by atoms with Crippen LogP contribution in [-0.4, -0.2) is 36.8 Å². The molecule has 1 aliphatic rings. The molecule has 1 aliphatic heterocycles. The van der Waals surface area contributed by atoms with Crippen molar-refractivity contribution in [3.63, 3.8) is 0 Å². The minimum absolute atomic E-state index is 0.204. The smallest absolute Gasteiger partial charge is 0.367 e. The van der Waals surface area contributed by atoms with Crippen LogP contribution in [0, 0.1) is 0 Å². The summed E-state index contributed by atoms with van der Waals surface area (Å²) in [5.41, 5.74) is 1.47. The van der Waals surface area contributed by atoms with E-state index < -0.39 is 24.5 Å². The Morgan fingerprint density at radius 1 is 1.14 bits per heavy atom. The Bertz CT molecular complexity index is 984. The van der Waals surface area contributed by atoms with Gasteiger partial charge in [0, 0.05) is 5.56 Å². The molecule has 28 heavy (non-hydrogen) atoms. The maximum atomic E-state index is 12.4.